The van der Waals surface area contributed by atoms with Gasteiger partial charge in [-0.2, -0.15) is 0 Å². The zero-order valence-corrected chi connectivity index (χ0v) is 11.1. The summed E-state index contributed by atoms with van der Waals surface area (Å²) >= 11 is 0. The number of nitrogens with one attached hydrogen (secondary N) is 1. The van der Waals surface area contributed by atoms with Crippen molar-refractivity contribution in [1.82, 2.24) is 5.32 Å². The Balaban J connectivity index is 2.62. The van der Waals surface area contributed by atoms with Gasteiger partial charge in [0, 0.05) is 6.54 Å². The minimum atomic E-state index is -0.797. The van der Waals surface area contributed by atoms with Gasteiger partial charge in [-0.25, -0.2) is 0 Å². The first-order valence-corrected chi connectivity index (χ1v) is 6.78. The van der Waals surface area contributed by atoms with Crippen LogP contribution in [0.15, 0.2) is 0 Å². The summed E-state index contributed by atoms with van der Waals surface area (Å²) in [5.41, 5.74) is 4.83. The number of carbonyl (C=O) groups is 2. The first-order valence-electron chi connectivity index (χ1n) is 6.78. The average Bonchev–Trinajstić information content (AvgIpc) is 2.61. The zero-order valence-electron chi connectivity index (χ0n) is 11.1. The van der Waals surface area contributed by atoms with Gasteiger partial charge in [0.2, 0.25) is 5.91 Å². The summed E-state index contributed by atoms with van der Waals surface area (Å²) in [5, 5.41) is 12.1. The molecule has 0 saturated heterocycles. The van der Waals surface area contributed by atoms with Gasteiger partial charge in [-0.05, 0) is 19.3 Å². The van der Waals surface area contributed by atoms with E-state index in [2.05, 4.69) is 5.32 Å². The van der Waals surface area contributed by atoms with E-state index in [1.54, 1.807) is 0 Å². The molecule has 0 radical (unpaired) electrons. The van der Waals surface area contributed by atoms with Crippen molar-refractivity contribution in [3.63, 3.8) is 0 Å². The molecule has 0 bridgehead atoms. The van der Waals surface area contributed by atoms with E-state index >= 15 is 0 Å². The zero-order chi connectivity index (χ0) is 13.6. The normalized spacial score (nSPS) is 20.8. The van der Waals surface area contributed by atoms with Crippen molar-refractivity contribution in [3.8, 4) is 0 Å². The largest absolute Gasteiger partial charge is 0.481 e. The Hall–Kier alpha value is -1.10. The summed E-state index contributed by atoms with van der Waals surface area (Å²) < 4.78 is 0. The fourth-order valence-corrected chi connectivity index (χ4v) is 2.44. The maximum absolute atomic E-state index is 11.6. The fraction of sp³-hybridized carbons (Fsp3) is 0.846. The van der Waals surface area contributed by atoms with Crippen LogP contribution in [0.4, 0.5) is 0 Å². The Kier molecular flexibility index (Phi) is 5.59. The predicted molar refractivity (Wildman–Crippen MR) is 69.0 cm³/mol. The molecule has 5 heteroatoms. The molecule has 4 N–H and O–H groups in total. The SMILES string of the molecule is CC[C@H](N)C(=O)NCC1(C(=O)O)CCCCCC1. The minimum Gasteiger partial charge on any atom is -0.481 e. The number of hydrogen-bond donors (Lipinski definition) is 3. The molecule has 1 saturated carbocycles. The van der Waals surface area contributed by atoms with E-state index in [4.69, 9.17) is 5.73 Å². The number of carbonyl (C=O) groups excluding carboxylic acids is 1. The number of hydrogen-bond acceptors (Lipinski definition) is 3. The molecule has 0 aromatic rings. The molecule has 1 fully saturated rings. The van der Waals surface area contributed by atoms with Crippen molar-refractivity contribution in [1.29, 1.82) is 0 Å². The van der Waals surface area contributed by atoms with Crippen LogP contribution >= 0.6 is 0 Å². The monoisotopic (exact) mass is 256 g/mol. The van der Waals surface area contributed by atoms with E-state index in [-0.39, 0.29) is 12.5 Å². The third kappa shape index (κ3) is 3.70. The molecular weight excluding hydrogens is 232 g/mol. The lowest BCUT2D eigenvalue weighted by molar-refractivity contribution is -0.149. The molecule has 18 heavy (non-hydrogen) atoms. The van der Waals surface area contributed by atoms with Crippen molar-refractivity contribution >= 4 is 11.9 Å². The van der Waals surface area contributed by atoms with Crippen molar-refractivity contribution in [2.24, 2.45) is 11.1 Å². The van der Waals surface area contributed by atoms with Gasteiger partial charge in [-0.15, -0.1) is 0 Å². The third-order valence-electron chi connectivity index (χ3n) is 3.89. The quantitative estimate of drug-likeness (QED) is 0.646. The van der Waals surface area contributed by atoms with E-state index in [1.165, 1.54) is 0 Å². The van der Waals surface area contributed by atoms with Gasteiger partial charge in [-0.1, -0.05) is 32.6 Å². The second-order valence-electron chi connectivity index (χ2n) is 5.23. The molecule has 0 aromatic heterocycles. The lowest BCUT2D eigenvalue weighted by atomic mass is 9.80. The first kappa shape index (κ1) is 15.0. The van der Waals surface area contributed by atoms with Gasteiger partial charge < -0.3 is 16.2 Å². The molecule has 0 unspecified atom stereocenters. The van der Waals surface area contributed by atoms with Crippen LogP contribution in [0, 0.1) is 5.41 Å². The van der Waals surface area contributed by atoms with Gasteiger partial charge in [0.25, 0.3) is 0 Å². The number of carboxylic acid groups (broad SMARTS) is 1. The molecular formula is C13H24N2O3. The van der Waals surface area contributed by atoms with Crippen LogP contribution in [-0.4, -0.2) is 29.6 Å². The highest BCUT2D eigenvalue weighted by Gasteiger charge is 2.39. The van der Waals surface area contributed by atoms with Crippen LogP contribution in [0.1, 0.15) is 51.9 Å². The van der Waals surface area contributed by atoms with Gasteiger partial charge >= 0.3 is 5.97 Å². The van der Waals surface area contributed by atoms with Crippen LogP contribution in [0.3, 0.4) is 0 Å². The maximum Gasteiger partial charge on any atom is 0.311 e. The van der Waals surface area contributed by atoms with E-state index < -0.39 is 17.4 Å². The first-order chi connectivity index (χ1) is 8.52. The fourth-order valence-electron chi connectivity index (χ4n) is 2.44. The molecule has 1 aliphatic carbocycles. The topological polar surface area (TPSA) is 92.4 Å². The van der Waals surface area contributed by atoms with E-state index in [9.17, 15) is 14.7 Å². The summed E-state index contributed by atoms with van der Waals surface area (Å²) in [6.07, 6.45) is 5.85. The Labute approximate surface area is 108 Å². The summed E-state index contributed by atoms with van der Waals surface area (Å²) in [6.45, 7) is 2.04. The molecule has 1 rings (SSSR count). The van der Waals surface area contributed by atoms with E-state index in [0.717, 1.165) is 25.7 Å². The molecule has 5 nitrogen and oxygen atoms in total. The van der Waals surface area contributed by atoms with Gasteiger partial charge in [0.05, 0.1) is 11.5 Å². The lowest BCUT2D eigenvalue weighted by Gasteiger charge is -2.28. The van der Waals surface area contributed by atoms with Crippen LogP contribution in [-0.2, 0) is 9.59 Å². The molecule has 1 amide bonds. The van der Waals surface area contributed by atoms with Crippen LogP contribution in [0.2, 0.25) is 0 Å². The maximum atomic E-state index is 11.6. The number of rotatable bonds is 5. The van der Waals surface area contributed by atoms with E-state index in [0.29, 0.717) is 19.3 Å². The van der Waals surface area contributed by atoms with Crippen molar-refractivity contribution < 1.29 is 14.7 Å². The smallest absolute Gasteiger partial charge is 0.311 e. The van der Waals surface area contributed by atoms with Gasteiger partial charge in [0.15, 0.2) is 0 Å². The highest BCUT2D eigenvalue weighted by molar-refractivity contribution is 5.82. The highest BCUT2D eigenvalue weighted by atomic mass is 16.4. The van der Waals surface area contributed by atoms with Gasteiger partial charge in [-0.3, -0.25) is 9.59 Å². The summed E-state index contributed by atoms with van der Waals surface area (Å²) in [6, 6.07) is -0.540. The summed E-state index contributed by atoms with van der Waals surface area (Å²) in [7, 11) is 0. The number of aliphatic carboxylic acids is 1. The third-order valence-corrected chi connectivity index (χ3v) is 3.89. The van der Waals surface area contributed by atoms with Crippen LogP contribution < -0.4 is 11.1 Å². The second-order valence-corrected chi connectivity index (χ2v) is 5.23. The summed E-state index contributed by atoms with van der Waals surface area (Å²) in [5.74, 6) is -1.04. The number of carboxylic acids is 1. The van der Waals surface area contributed by atoms with Crippen molar-refractivity contribution in [2.75, 3.05) is 6.54 Å². The Morgan fingerprint density at radius 2 is 1.83 bits per heavy atom. The summed E-state index contributed by atoms with van der Waals surface area (Å²) in [4.78, 5) is 23.1. The Morgan fingerprint density at radius 1 is 1.28 bits per heavy atom. The van der Waals surface area contributed by atoms with Crippen molar-refractivity contribution in [3.05, 3.63) is 0 Å². The van der Waals surface area contributed by atoms with Crippen molar-refractivity contribution in [2.45, 2.75) is 57.9 Å². The second kappa shape index (κ2) is 6.73. The molecule has 0 aliphatic heterocycles. The Bertz CT molecular complexity index is 297. The average molecular weight is 256 g/mol. The molecule has 1 atom stereocenters. The van der Waals surface area contributed by atoms with Crippen LogP contribution in [0.25, 0.3) is 0 Å². The Morgan fingerprint density at radius 3 is 2.28 bits per heavy atom. The van der Waals surface area contributed by atoms with Gasteiger partial charge in [0.1, 0.15) is 0 Å². The molecule has 0 aromatic carbocycles. The number of nitrogens with two attached hydrogens (primary N) is 1. The van der Waals surface area contributed by atoms with Crippen LogP contribution in [0.5, 0.6) is 0 Å². The lowest BCUT2D eigenvalue weighted by Crippen LogP contribution is -2.47. The molecule has 104 valence electrons. The molecule has 1 aliphatic rings. The number of amides is 1. The predicted octanol–water partition coefficient (Wildman–Crippen LogP) is 1.27. The molecule has 0 spiro atoms. The molecule has 0 heterocycles. The van der Waals surface area contributed by atoms with E-state index in [1.807, 2.05) is 6.92 Å². The minimum absolute atomic E-state index is 0.203. The highest BCUT2D eigenvalue weighted by Crippen LogP contribution is 2.34. The standard InChI is InChI=1S/C13H24N2O3/c1-2-10(14)11(16)15-9-13(12(17)18)7-5-3-4-6-8-13/h10H,2-9,14H2,1H3,(H,15,16)(H,17,18)/t10-/m0/s1.